The van der Waals surface area contributed by atoms with Crippen LogP contribution in [-0.4, -0.2) is 21.8 Å². The van der Waals surface area contributed by atoms with Crippen LogP contribution in [0.2, 0.25) is 0 Å². The molecule has 0 atom stereocenters. The van der Waals surface area contributed by atoms with Crippen molar-refractivity contribution in [3.05, 3.63) is 35.8 Å². The van der Waals surface area contributed by atoms with E-state index >= 15 is 0 Å². The number of ether oxygens (including phenoxy) is 1. The number of hydrogen-bond acceptors (Lipinski definition) is 4. The minimum atomic E-state index is 0.724. The summed E-state index contributed by atoms with van der Waals surface area (Å²) in [5, 5.41) is 7.28. The van der Waals surface area contributed by atoms with Crippen LogP contribution in [0, 0.1) is 6.92 Å². The smallest absolute Gasteiger partial charge is 0.217 e. The summed E-state index contributed by atoms with van der Waals surface area (Å²) in [6.45, 7) is 2.66. The average Bonchev–Trinajstić information content (AvgIpc) is 2.58. The molecular weight excluding hydrogens is 216 g/mol. The molecule has 0 saturated carbocycles. The molecule has 0 aliphatic heterocycles. The molecule has 0 aliphatic carbocycles. The third-order valence-electron chi connectivity index (χ3n) is 2.33. The van der Waals surface area contributed by atoms with Gasteiger partial charge in [-0.15, -0.1) is 0 Å². The van der Waals surface area contributed by atoms with Crippen LogP contribution in [0.25, 0.3) is 0 Å². The van der Waals surface area contributed by atoms with Crippen LogP contribution in [0.1, 0.15) is 11.4 Å². The van der Waals surface area contributed by atoms with Crippen LogP contribution in [0.4, 0.5) is 0 Å². The summed E-state index contributed by atoms with van der Waals surface area (Å²) in [4.78, 5) is 4.23. The van der Waals surface area contributed by atoms with Crippen LogP contribution in [0.5, 0.6) is 11.6 Å². The van der Waals surface area contributed by atoms with Gasteiger partial charge in [0.1, 0.15) is 5.75 Å². The van der Waals surface area contributed by atoms with Crippen LogP contribution in [0.15, 0.2) is 24.4 Å². The number of hydrogen-bond donors (Lipinski definition) is 1. The maximum Gasteiger partial charge on any atom is 0.217 e. The van der Waals surface area contributed by atoms with E-state index in [-0.39, 0.29) is 0 Å². The van der Waals surface area contributed by atoms with E-state index in [1.54, 1.807) is 10.9 Å². The summed E-state index contributed by atoms with van der Waals surface area (Å²) in [5.74, 6) is 1.50. The molecule has 2 aromatic heterocycles. The number of nitrogens with one attached hydrogen (secondary N) is 1. The topological polar surface area (TPSA) is 52.0 Å². The van der Waals surface area contributed by atoms with E-state index < -0.39 is 0 Å². The molecule has 2 heterocycles. The van der Waals surface area contributed by atoms with Gasteiger partial charge in [0.05, 0.1) is 11.4 Å². The van der Waals surface area contributed by atoms with Gasteiger partial charge < -0.3 is 10.1 Å². The summed E-state index contributed by atoms with van der Waals surface area (Å²) in [6.07, 6.45) is 1.74. The molecule has 17 heavy (non-hydrogen) atoms. The second-order valence-electron chi connectivity index (χ2n) is 3.86. The van der Waals surface area contributed by atoms with Gasteiger partial charge in [-0.3, -0.25) is 4.98 Å². The summed E-state index contributed by atoms with van der Waals surface area (Å²) >= 11 is 0. The van der Waals surface area contributed by atoms with E-state index in [2.05, 4.69) is 15.4 Å². The summed E-state index contributed by atoms with van der Waals surface area (Å²) in [7, 11) is 3.75. The summed E-state index contributed by atoms with van der Waals surface area (Å²) < 4.78 is 7.47. The van der Waals surface area contributed by atoms with Crippen LogP contribution >= 0.6 is 0 Å². The molecule has 0 amide bonds. The predicted molar refractivity (Wildman–Crippen MR) is 65.0 cm³/mol. The van der Waals surface area contributed by atoms with Crippen LogP contribution in [0.3, 0.4) is 0 Å². The molecular formula is C12H16N4O. The zero-order chi connectivity index (χ0) is 12.3. The van der Waals surface area contributed by atoms with E-state index in [9.17, 15) is 0 Å². The van der Waals surface area contributed by atoms with Crippen molar-refractivity contribution in [2.75, 3.05) is 7.05 Å². The Morgan fingerprint density at radius 1 is 1.41 bits per heavy atom. The number of aromatic nitrogens is 3. The monoisotopic (exact) mass is 232 g/mol. The molecule has 90 valence electrons. The fraction of sp³-hybridized carbons (Fsp3) is 0.333. The molecule has 0 saturated heterocycles. The number of pyridine rings is 1. The summed E-state index contributed by atoms with van der Waals surface area (Å²) in [6, 6.07) is 5.65. The Kier molecular flexibility index (Phi) is 3.39. The molecule has 0 aliphatic rings. The maximum atomic E-state index is 5.75. The highest BCUT2D eigenvalue weighted by Gasteiger charge is 2.05. The van der Waals surface area contributed by atoms with E-state index in [0.29, 0.717) is 0 Å². The Labute approximate surface area is 100 Å². The molecule has 2 rings (SSSR count). The highest BCUT2D eigenvalue weighted by molar-refractivity contribution is 5.28. The van der Waals surface area contributed by atoms with Gasteiger partial charge in [0.15, 0.2) is 0 Å². The van der Waals surface area contributed by atoms with E-state index in [0.717, 1.165) is 29.6 Å². The Balaban J connectivity index is 2.18. The zero-order valence-electron chi connectivity index (χ0n) is 10.3. The normalized spacial score (nSPS) is 10.5. The van der Waals surface area contributed by atoms with Gasteiger partial charge in [0.2, 0.25) is 5.88 Å². The van der Waals surface area contributed by atoms with Gasteiger partial charge in [-0.05, 0) is 20.0 Å². The highest BCUT2D eigenvalue weighted by atomic mass is 16.5. The first-order valence-electron chi connectivity index (χ1n) is 5.47. The van der Waals surface area contributed by atoms with Gasteiger partial charge in [0.25, 0.3) is 0 Å². The molecule has 1 N–H and O–H groups in total. The largest absolute Gasteiger partial charge is 0.439 e. The average molecular weight is 232 g/mol. The zero-order valence-corrected chi connectivity index (χ0v) is 10.3. The fourth-order valence-electron chi connectivity index (χ4n) is 1.60. The minimum Gasteiger partial charge on any atom is -0.439 e. The number of rotatable bonds is 4. The van der Waals surface area contributed by atoms with Crippen molar-refractivity contribution >= 4 is 0 Å². The van der Waals surface area contributed by atoms with Crippen molar-refractivity contribution < 1.29 is 4.74 Å². The van der Waals surface area contributed by atoms with Crippen molar-refractivity contribution in [1.29, 1.82) is 0 Å². The lowest BCUT2D eigenvalue weighted by molar-refractivity contribution is 0.429. The third-order valence-corrected chi connectivity index (χ3v) is 2.33. The van der Waals surface area contributed by atoms with Gasteiger partial charge in [0, 0.05) is 31.9 Å². The lowest BCUT2D eigenvalue weighted by atomic mass is 10.3. The summed E-state index contributed by atoms with van der Waals surface area (Å²) in [5.41, 5.74) is 1.89. The quantitative estimate of drug-likeness (QED) is 0.870. The molecule has 0 spiro atoms. The first-order chi connectivity index (χ1) is 8.19. The van der Waals surface area contributed by atoms with Gasteiger partial charge >= 0.3 is 0 Å². The Hall–Kier alpha value is -1.88. The Morgan fingerprint density at radius 2 is 2.24 bits per heavy atom. The van der Waals surface area contributed by atoms with Crippen molar-refractivity contribution in [1.82, 2.24) is 20.1 Å². The first kappa shape index (κ1) is 11.6. The van der Waals surface area contributed by atoms with E-state index in [1.807, 2.05) is 39.2 Å². The maximum absolute atomic E-state index is 5.75. The van der Waals surface area contributed by atoms with Crippen molar-refractivity contribution in [3.63, 3.8) is 0 Å². The predicted octanol–water partition coefficient (Wildman–Crippen LogP) is 1.64. The molecule has 5 nitrogen and oxygen atoms in total. The molecule has 2 aromatic rings. The fourth-order valence-corrected chi connectivity index (χ4v) is 1.60. The third kappa shape index (κ3) is 2.82. The molecule has 0 unspecified atom stereocenters. The van der Waals surface area contributed by atoms with Gasteiger partial charge in [-0.1, -0.05) is 0 Å². The standard InChI is InChI=1S/C12H16N4O/c1-9-6-12(16(3)15-9)17-11-4-5-14-10(7-11)8-13-2/h4-7,13H,8H2,1-3H3. The van der Waals surface area contributed by atoms with E-state index in [4.69, 9.17) is 4.74 Å². The van der Waals surface area contributed by atoms with Crippen molar-refractivity contribution in [2.24, 2.45) is 7.05 Å². The Bertz CT molecular complexity index is 507. The first-order valence-corrected chi connectivity index (χ1v) is 5.47. The molecule has 5 heteroatoms. The van der Waals surface area contributed by atoms with Crippen molar-refractivity contribution in [3.8, 4) is 11.6 Å². The highest BCUT2D eigenvalue weighted by Crippen LogP contribution is 2.21. The lowest BCUT2D eigenvalue weighted by Crippen LogP contribution is -2.06. The molecule has 0 bridgehead atoms. The minimum absolute atomic E-state index is 0.724. The molecule has 0 aromatic carbocycles. The second kappa shape index (κ2) is 4.97. The lowest BCUT2D eigenvalue weighted by Gasteiger charge is -2.06. The SMILES string of the molecule is CNCc1cc(Oc2cc(C)nn2C)ccn1. The molecule has 0 fully saturated rings. The van der Waals surface area contributed by atoms with Crippen LogP contribution in [-0.2, 0) is 13.6 Å². The Morgan fingerprint density at radius 3 is 2.88 bits per heavy atom. The van der Waals surface area contributed by atoms with Gasteiger partial charge in [-0.25, -0.2) is 4.68 Å². The van der Waals surface area contributed by atoms with Gasteiger partial charge in [-0.2, -0.15) is 5.10 Å². The molecule has 0 radical (unpaired) electrons. The number of nitrogens with zero attached hydrogens (tertiary/aromatic N) is 3. The second-order valence-corrected chi connectivity index (χ2v) is 3.86. The number of aryl methyl sites for hydroxylation is 2. The van der Waals surface area contributed by atoms with E-state index in [1.165, 1.54) is 0 Å². The van der Waals surface area contributed by atoms with Crippen LogP contribution < -0.4 is 10.1 Å². The van der Waals surface area contributed by atoms with Crippen molar-refractivity contribution in [2.45, 2.75) is 13.5 Å².